The van der Waals surface area contributed by atoms with Gasteiger partial charge in [0.2, 0.25) is 6.71 Å². The number of rotatable bonds is 1. The van der Waals surface area contributed by atoms with Crippen molar-refractivity contribution in [1.29, 1.82) is 0 Å². The van der Waals surface area contributed by atoms with Crippen LogP contribution in [-0.4, -0.2) is 16.7 Å². The minimum absolute atomic E-state index is 0.158. The Morgan fingerprint density at radius 3 is 1.87 bits per heavy atom. The largest absolute Gasteiger partial charge is 0.254 e. The van der Waals surface area contributed by atoms with E-state index in [2.05, 4.69) is 140 Å². The molecule has 11 rings (SSSR count). The molecule has 2 aliphatic heterocycles. The van der Waals surface area contributed by atoms with Crippen molar-refractivity contribution in [2.24, 2.45) is 0 Å². The number of nitrogens with zero attached hydrogens (tertiary/aromatic N) is 2. The Labute approximate surface area is 267 Å². The molecule has 2 aromatic heterocycles. The van der Waals surface area contributed by atoms with Crippen LogP contribution in [0.15, 0.2) is 152 Å². The van der Waals surface area contributed by atoms with Crippen LogP contribution in [-0.2, 0) is 5.41 Å². The average Bonchev–Trinajstić information content (AvgIpc) is 3.62. The van der Waals surface area contributed by atoms with Crippen LogP contribution in [0, 0.1) is 0 Å². The minimum Gasteiger partial charge on any atom is -0.254 e. The van der Waals surface area contributed by atoms with E-state index in [0.29, 0.717) is 0 Å². The molecule has 0 radical (unpaired) electrons. The lowest BCUT2D eigenvalue weighted by Gasteiger charge is -2.42. The Morgan fingerprint density at radius 2 is 1.04 bits per heavy atom. The second kappa shape index (κ2) is 8.68. The SMILES string of the molecule is c1ccc2c(c1)B1c3cccc(-c4ccc5ccc6cccnc6c5n4)c3-c3cccc(c31)C21c2ccccc2-c2ccccc21. The van der Waals surface area contributed by atoms with E-state index >= 15 is 0 Å². The molecule has 46 heavy (non-hydrogen) atoms. The summed E-state index contributed by atoms with van der Waals surface area (Å²) in [6, 6.07) is 53.9. The Balaban J connectivity index is 1.24. The van der Waals surface area contributed by atoms with Gasteiger partial charge in [0, 0.05) is 22.5 Å². The molecule has 3 heteroatoms. The van der Waals surface area contributed by atoms with Crippen LogP contribution in [0.5, 0.6) is 0 Å². The first-order valence-corrected chi connectivity index (χ1v) is 16.0. The predicted octanol–water partition coefficient (Wildman–Crippen LogP) is 7.62. The topological polar surface area (TPSA) is 25.8 Å². The summed E-state index contributed by atoms with van der Waals surface area (Å²) in [5.41, 5.74) is 18.7. The molecule has 3 aliphatic rings. The summed E-state index contributed by atoms with van der Waals surface area (Å²) in [6.07, 6.45) is 1.86. The van der Waals surface area contributed by atoms with Crippen LogP contribution in [0.1, 0.15) is 22.3 Å². The van der Waals surface area contributed by atoms with Gasteiger partial charge in [0.1, 0.15) is 0 Å². The highest BCUT2D eigenvalue weighted by Gasteiger charge is 2.54. The summed E-state index contributed by atoms with van der Waals surface area (Å²) in [6.45, 7) is 0.158. The van der Waals surface area contributed by atoms with Crippen molar-refractivity contribution in [1.82, 2.24) is 9.97 Å². The molecule has 210 valence electrons. The quantitative estimate of drug-likeness (QED) is 0.148. The van der Waals surface area contributed by atoms with Crippen LogP contribution < -0.4 is 16.4 Å². The first kappa shape index (κ1) is 24.5. The summed E-state index contributed by atoms with van der Waals surface area (Å²) in [5.74, 6) is 0. The smallest absolute Gasteiger partial charge is 0.243 e. The van der Waals surface area contributed by atoms with Crippen molar-refractivity contribution in [2.45, 2.75) is 5.41 Å². The molecule has 0 saturated heterocycles. The zero-order valence-electron chi connectivity index (χ0n) is 24.9. The van der Waals surface area contributed by atoms with E-state index in [9.17, 15) is 0 Å². The van der Waals surface area contributed by atoms with E-state index in [-0.39, 0.29) is 12.1 Å². The Bertz CT molecular complexity index is 2570. The van der Waals surface area contributed by atoms with E-state index in [1.807, 2.05) is 12.3 Å². The van der Waals surface area contributed by atoms with Crippen molar-refractivity contribution >= 4 is 44.9 Å². The molecule has 0 saturated carbocycles. The third kappa shape index (κ3) is 2.85. The fourth-order valence-corrected chi connectivity index (χ4v) is 9.15. The van der Waals surface area contributed by atoms with Crippen molar-refractivity contribution in [2.75, 3.05) is 0 Å². The molecular weight excluding hydrogens is 555 g/mol. The highest BCUT2D eigenvalue weighted by molar-refractivity contribution is 7.00. The third-order valence-electron chi connectivity index (χ3n) is 10.8. The Morgan fingerprint density at radius 1 is 0.435 bits per heavy atom. The molecule has 2 nitrogen and oxygen atoms in total. The normalized spacial score (nSPS) is 14.2. The zero-order valence-corrected chi connectivity index (χ0v) is 24.9. The van der Waals surface area contributed by atoms with Crippen LogP contribution in [0.2, 0.25) is 0 Å². The van der Waals surface area contributed by atoms with Gasteiger partial charge in [-0.25, -0.2) is 4.98 Å². The fourth-order valence-electron chi connectivity index (χ4n) is 9.15. The maximum atomic E-state index is 5.33. The van der Waals surface area contributed by atoms with Gasteiger partial charge in [0.05, 0.1) is 22.1 Å². The first-order valence-electron chi connectivity index (χ1n) is 16.0. The second-order valence-electron chi connectivity index (χ2n) is 12.8. The van der Waals surface area contributed by atoms with E-state index in [0.717, 1.165) is 27.5 Å². The summed E-state index contributed by atoms with van der Waals surface area (Å²) in [4.78, 5) is 10.1. The fraction of sp³-hybridized carbons (Fsp3) is 0.0233. The molecule has 0 unspecified atom stereocenters. The number of pyridine rings is 2. The van der Waals surface area contributed by atoms with Crippen molar-refractivity contribution < 1.29 is 0 Å². The monoisotopic (exact) mass is 580 g/mol. The molecule has 0 fully saturated rings. The van der Waals surface area contributed by atoms with E-state index in [1.165, 1.54) is 66.5 Å². The van der Waals surface area contributed by atoms with Gasteiger partial charge < -0.3 is 0 Å². The van der Waals surface area contributed by atoms with Gasteiger partial charge in [-0.15, -0.1) is 0 Å². The standard InChI is InChI=1S/C43H25BN2/c1-3-15-32-28(11-1)29-12-2-4-16-33(29)43(32)34-17-5-6-19-36(34)44-37-20-8-13-30(39(37)31-14-7-18-35(43)40(31)44)38-24-23-27-22-21-26-10-9-25-45-41(26)42(27)46-38/h1-25H. The molecule has 0 N–H and O–H groups in total. The van der Waals surface area contributed by atoms with Crippen molar-refractivity contribution in [3.63, 3.8) is 0 Å². The number of benzene rings is 6. The molecule has 1 aliphatic carbocycles. The van der Waals surface area contributed by atoms with Crippen LogP contribution in [0.3, 0.4) is 0 Å². The molecule has 0 atom stereocenters. The van der Waals surface area contributed by atoms with E-state index in [4.69, 9.17) is 9.97 Å². The number of aromatic nitrogens is 2. The zero-order chi connectivity index (χ0) is 30.0. The third-order valence-corrected chi connectivity index (χ3v) is 10.8. The lowest BCUT2D eigenvalue weighted by atomic mass is 9.32. The summed E-state index contributed by atoms with van der Waals surface area (Å²) < 4.78 is 0. The molecular formula is C43H25BN2. The number of hydrogen-bond donors (Lipinski definition) is 0. The van der Waals surface area contributed by atoms with Crippen LogP contribution in [0.4, 0.5) is 0 Å². The molecule has 0 bridgehead atoms. The first-order chi connectivity index (χ1) is 22.8. The molecule has 1 spiro atoms. The van der Waals surface area contributed by atoms with Gasteiger partial charge in [-0.2, -0.15) is 0 Å². The van der Waals surface area contributed by atoms with Gasteiger partial charge in [-0.3, -0.25) is 4.98 Å². The van der Waals surface area contributed by atoms with Crippen LogP contribution >= 0.6 is 0 Å². The lowest BCUT2D eigenvalue weighted by molar-refractivity contribution is 0.775. The number of hydrogen-bond acceptors (Lipinski definition) is 2. The van der Waals surface area contributed by atoms with Crippen molar-refractivity contribution in [3.8, 4) is 33.5 Å². The van der Waals surface area contributed by atoms with Gasteiger partial charge in [-0.1, -0.05) is 150 Å². The van der Waals surface area contributed by atoms with Gasteiger partial charge in [0.25, 0.3) is 0 Å². The van der Waals surface area contributed by atoms with Crippen molar-refractivity contribution in [3.05, 3.63) is 174 Å². The molecule has 8 aromatic rings. The molecule has 4 heterocycles. The summed E-state index contributed by atoms with van der Waals surface area (Å²) >= 11 is 0. The minimum atomic E-state index is -0.375. The summed E-state index contributed by atoms with van der Waals surface area (Å²) in [7, 11) is 0. The van der Waals surface area contributed by atoms with Gasteiger partial charge >= 0.3 is 0 Å². The Hall–Kier alpha value is -5.80. The van der Waals surface area contributed by atoms with Gasteiger partial charge in [-0.05, 0) is 56.6 Å². The second-order valence-corrected chi connectivity index (χ2v) is 12.8. The number of fused-ring (bicyclic) bond motifs is 15. The van der Waals surface area contributed by atoms with E-state index < -0.39 is 0 Å². The Kier molecular flexibility index (Phi) is 4.63. The lowest BCUT2D eigenvalue weighted by Crippen LogP contribution is -2.59. The molecule has 6 aromatic carbocycles. The maximum Gasteiger partial charge on any atom is 0.243 e. The molecule has 0 amide bonds. The highest BCUT2D eigenvalue weighted by Crippen LogP contribution is 2.57. The highest BCUT2D eigenvalue weighted by atomic mass is 14.8. The maximum absolute atomic E-state index is 5.33. The predicted molar refractivity (Wildman–Crippen MR) is 190 cm³/mol. The van der Waals surface area contributed by atoms with Gasteiger partial charge in [0.15, 0.2) is 0 Å². The van der Waals surface area contributed by atoms with E-state index in [1.54, 1.807) is 0 Å². The summed E-state index contributed by atoms with van der Waals surface area (Å²) in [5, 5.41) is 2.22. The van der Waals surface area contributed by atoms with Crippen LogP contribution in [0.25, 0.3) is 55.3 Å². The average molecular weight is 580 g/mol.